The van der Waals surface area contributed by atoms with Crippen molar-refractivity contribution in [3.05, 3.63) is 78.4 Å². The van der Waals surface area contributed by atoms with Gasteiger partial charge in [-0.05, 0) is 37.3 Å². The Morgan fingerprint density at radius 3 is 2.59 bits per heavy atom. The molecule has 0 bridgehead atoms. The largest absolute Gasteiger partial charge is 0.301 e. The summed E-state index contributed by atoms with van der Waals surface area (Å²) in [5, 5.41) is 14.4. The lowest BCUT2D eigenvalue weighted by Crippen LogP contribution is -2.13. The molecule has 0 fully saturated rings. The van der Waals surface area contributed by atoms with E-state index in [0.29, 0.717) is 26.6 Å². The maximum atomic E-state index is 12.8. The van der Waals surface area contributed by atoms with Crippen molar-refractivity contribution < 1.29 is 0 Å². The van der Waals surface area contributed by atoms with E-state index in [0.717, 1.165) is 15.7 Å². The predicted molar refractivity (Wildman–Crippen MR) is 121 cm³/mol. The predicted octanol–water partition coefficient (Wildman–Crippen LogP) is 7.08. The molecule has 10 heteroatoms. The SMILES string of the molecule is Cc1[nH]n(-c2nc(-c3ccc(Br)cc3)cs2)c(=O)c1N=Nc1ccc(Cl)c(Cl)c1. The van der Waals surface area contributed by atoms with Crippen LogP contribution >= 0.6 is 50.5 Å². The highest BCUT2D eigenvalue weighted by Crippen LogP contribution is 2.28. The van der Waals surface area contributed by atoms with Crippen LogP contribution in [0.4, 0.5) is 11.4 Å². The molecule has 0 saturated heterocycles. The molecule has 0 spiro atoms. The van der Waals surface area contributed by atoms with E-state index in [9.17, 15) is 4.79 Å². The number of azo groups is 1. The molecule has 4 rings (SSSR count). The van der Waals surface area contributed by atoms with Crippen molar-refractivity contribution >= 4 is 61.8 Å². The minimum absolute atomic E-state index is 0.205. The Kier molecular flexibility index (Phi) is 5.69. The average Bonchev–Trinajstić information content (AvgIpc) is 3.29. The highest BCUT2D eigenvalue weighted by Gasteiger charge is 2.15. The number of nitrogens with zero attached hydrogens (tertiary/aromatic N) is 4. The topological polar surface area (TPSA) is 75.4 Å². The molecule has 0 saturated carbocycles. The summed E-state index contributed by atoms with van der Waals surface area (Å²) in [7, 11) is 0. The van der Waals surface area contributed by atoms with Crippen LogP contribution in [0.25, 0.3) is 16.4 Å². The summed E-state index contributed by atoms with van der Waals surface area (Å²) in [6.07, 6.45) is 0. The highest BCUT2D eigenvalue weighted by molar-refractivity contribution is 9.10. The molecule has 4 aromatic rings. The van der Waals surface area contributed by atoms with Crippen LogP contribution in [0.2, 0.25) is 10.0 Å². The summed E-state index contributed by atoms with van der Waals surface area (Å²) in [6.45, 7) is 1.75. The van der Waals surface area contributed by atoms with Crippen molar-refractivity contribution in [3.8, 4) is 16.4 Å². The molecular weight excluding hydrogens is 497 g/mol. The molecule has 2 heterocycles. The van der Waals surface area contributed by atoms with Crippen LogP contribution in [-0.2, 0) is 0 Å². The van der Waals surface area contributed by atoms with Crippen LogP contribution in [0.1, 0.15) is 5.69 Å². The maximum absolute atomic E-state index is 12.8. The Morgan fingerprint density at radius 2 is 1.86 bits per heavy atom. The van der Waals surface area contributed by atoms with Gasteiger partial charge in [-0.25, -0.2) is 4.98 Å². The first-order valence-corrected chi connectivity index (χ1v) is 10.8. The molecule has 6 nitrogen and oxygen atoms in total. The number of aromatic nitrogens is 3. The van der Waals surface area contributed by atoms with Crippen molar-refractivity contribution in [1.29, 1.82) is 0 Å². The zero-order valence-corrected chi connectivity index (χ0v) is 18.8. The minimum atomic E-state index is -0.331. The first kappa shape index (κ1) is 20.0. The zero-order valence-electron chi connectivity index (χ0n) is 14.9. The van der Waals surface area contributed by atoms with Crippen molar-refractivity contribution in [2.24, 2.45) is 10.2 Å². The first-order valence-electron chi connectivity index (χ1n) is 8.32. The van der Waals surface area contributed by atoms with Gasteiger partial charge in [0.25, 0.3) is 0 Å². The molecule has 0 unspecified atom stereocenters. The van der Waals surface area contributed by atoms with Gasteiger partial charge in [-0.15, -0.1) is 16.5 Å². The molecule has 0 aliphatic rings. The van der Waals surface area contributed by atoms with E-state index in [1.54, 1.807) is 25.1 Å². The fourth-order valence-electron chi connectivity index (χ4n) is 2.57. The summed E-state index contributed by atoms with van der Waals surface area (Å²) in [4.78, 5) is 17.4. The second-order valence-electron chi connectivity index (χ2n) is 6.05. The zero-order chi connectivity index (χ0) is 20.5. The first-order chi connectivity index (χ1) is 13.9. The van der Waals surface area contributed by atoms with Gasteiger partial charge in [0.2, 0.25) is 5.13 Å². The number of rotatable bonds is 4. The summed E-state index contributed by atoms with van der Waals surface area (Å²) in [5.41, 5.74) is 2.71. The maximum Gasteiger partial charge on any atom is 0.301 e. The van der Waals surface area contributed by atoms with Crippen molar-refractivity contribution in [1.82, 2.24) is 14.8 Å². The van der Waals surface area contributed by atoms with Gasteiger partial charge in [0.15, 0.2) is 5.69 Å². The van der Waals surface area contributed by atoms with E-state index in [1.165, 1.54) is 16.0 Å². The number of thiazole rings is 1. The third-order valence-electron chi connectivity index (χ3n) is 4.03. The van der Waals surface area contributed by atoms with Crippen LogP contribution in [0, 0.1) is 6.92 Å². The van der Waals surface area contributed by atoms with E-state index in [1.807, 2.05) is 29.6 Å². The average molecular weight is 509 g/mol. The molecule has 0 atom stereocenters. The van der Waals surface area contributed by atoms with Crippen LogP contribution in [0.5, 0.6) is 0 Å². The number of benzene rings is 2. The lowest BCUT2D eigenvalue weighted by atomic mass is 10.2. The number of aromatic amines is 1. The van der Waals surface area contributed by atoms with E-state index >= 15 is 0 Å². The van der Waals surface area contributed by atoms with Gasteiger partial charge in [-0.2, -0.15) is 9.80 Å². The number of halogens is 3. The number of hydrogen-bond acceptors (Lipinski definition) is 5. The Labute approximate surface area is 188 Å². The van der Waals surface area contributed by atoms with E-state index in [-0.39, 0.29) is 11.2 Å². The van der Waals surface area contributed by atoms with Gasteiger partial charge in [-0.1, -0.05) is 51.3 Å². The van der Waals surface area contributed by atoms with Crippen molar-refractivity contribution in [2.75, 3.05) is 0 Å². The van der Waals surface area contributed by atoms with Crippen LogP contribution in [0.3, 0.4) is 0 Å². The smallest absolute Gasteiger partial charge is 0.291 e. The van der Waals surface area contributed by atoms with Gasteiger partial charge in [-0.3, -0.25) is 9.89 Å². The molecule has 2 aromatic carbocycles. The summed E-state index contributed by atoms with van der Waals surface area (Å²) < 4.78 is 2.36. The number of H-pyrrole nitrogens is 1. The number of hydrogen-bond donors (Lipinski definition) is 1. The molecule has 29 heavy (non-hydrogen) atoms. The van der Waals surface area contributed by atoms with Crippen molar-refractivity contribution in [2.45, 2.75) is 6.92 Å². The highest BCUT2D eigenvalue weighted by atomic mass is 79.9. The second kappa shape index (κ2) is 8.23. The summed E-state index contributed by atoms with van der Waals surface area (Å²) in [6, 6.07) is 12.7. The third-order valence-corrected chi connectivity index (χ3v) is 6.13. The van der Waals surface area contributed by atoms with Gasteiger partial charge in [0, 0.05) is 15.4 Å². The molecule has 1 N–H and O–H groups in total. The molecule has 2 aromatic heterocycles. The van der Waals surface area contributed by atoms with E-state index in [2.05, 4.69) is 36.2 Å². The van der Waals surface area contributed by atoms with Gasteiger partial charge in [0.05, 0.1) is 27.1 Å². The number of aryl methyl sites for hydroxylation is 1. The molecule has 146 valence electrons. The third kappa shape index (κ3) is 4.20. The van der Waals surface area contributed by atoms with Gasteiger partial charge < -0.3 is 0 Å². The number of nitrogens with one attached hydrogen (secondary N) is 1. The Hall–Kier alpha value is -2.26. The van der Waals surface area contributed by atoms with Crippen LogP contribution in [-0.4, -0.2) is 14.8 Å². The lowest BCUT2D eigenvalue weighted by molar-refractivity contribution is 0.827. The fourth-order valence-corrected chi connectivity index (χ4v) is 3.91. The second-order valence-corrected chi connectivity index (χ2v) is 8.61. The Balaban J connectivity index is 1.65. The van der Waals surface area contributed by atoms with E-state index < -0.39 is 0 Å². The Morgan fingerprint density at radius 1 is 1.10 bits per heavy atom. The Bertz CT molecular complexity index is 1280. The molecule has 0 amide bonds. The quantitative estimate of drug-likeness (QED) is 0.299. The molecule has 0 aliphatic heterocycles. The molecule has 0 aliphatic carbocycles. The van der Waals surface area contributed by atoms with Gasteiger partial charge in [0.1, 0.15) is 0 Å². The van der Waals surface area contributed by atoms with Crippen LogP contribution in [0.15, 0.2) is 67.3 Å². The standard InChI is InChI=1S/C19H12BrCl2N5OS/c1-10-17(25-24-13-6-7-14(21)15(22)8-13)18(28)27(26-10)19-23-16(9-29-19)11-2-4-12(20)5-3-11/h2-9,26H,1H3. The van der Waals surface area contributed by atoms with Crippen molar-refractivity contribution in [3.63, 3.8) is 0 Å². The normalized spacial score (nSPS) is 11.4. The lowest BCUT2D eigenvalue weighted by Gasteiger charge is -1.97. The summed E-state index contributed by atoms with van der Waals surface area (Å²) in [5.74, 6) is 0. The molecular formula is C19H12BrCl2N5OS. The fraction of sp³-hybridized carbons (Fsp3) is 0.0526. The van der Waals surface area contributed by atoms with Crippen LogP contribution < -0.4 is 5.56 Å². The van der Waals surface area contributed by atoms with E-state index in [4.69, 9.17) is 23.2 Å². The monoisotopic (exact) mass is 507 g/mol. The molecule has 0 radical (unpaired) electrons. The minimum Gasteiger partial charge on any atom is -0.291 e. The summed E-state index contributed by atoms with van der Waals surface area (Å²) >= 11 is 16.7. The van der Waals surface area contributed by atoms with Gasteiger partial charge >= 0.3 is 5.56 Å².